The lowest BCUT2D eigenvalue weighted by Gasteiger charge is -2.27. The van der Waals surface area contributed by atoms with Crippen LogP contribution in [0.2, 0.25) is 0 Å². The van der Waals surface area contributed by atoms with E-state index in [1.165, 1.54) is 24.8 Å². The van der Waals surface area contributed by atoms with Gasteiger partial charge in [-0.3, -0.25) is 4.79 Å². The van der Waals surface area contributed by atoms with Crippen LogP contribution in [0.15, 0.2) is 30.3 Å². The zero-order chi connectivity index (χ0) is 12.1. The molecule has 1 aromatic carbocycles. The third-order valence-electron chi connectivity index (χ3n) is 3.56. The zero-order valence-electron chi connectivity index (χ0n) is 10.6. The highest BCUT2D eigenvalue weighted by molar-refractivity contribution is 5.77. The van der Waals surface area contributed by atoms with Crippen molar-refractivity contribution in [1.82, 2.24) is 4.90 Å². The van der Waals surface area contributed by atoms with Gasteiger partial charge in [0.2, 0.25) is 5.91 Å². The number of carbonyl (C=O) groups is 1. The largest absolute Gasteiger partial charge is 0.343 e. The van der Waals surface area contributed by atoms with Crippen molar-refractivity contribution >= 4 is 5.91 Å². The summed E-state index contributed by atoms with van der Waals surface area (Å²) in [6, 6.07) is 10.3. The Labute approximate surface area is 104 Å². The van der Waals surface area contributed by atoms with Crippen molar-refractivity contribution in [2.45, 2.75) is 38.5 Å². The number of nitrogens with zero attached hydrogens (tertiary/aromatic N) is 1. The predicted octanol–water partition coefficient (Wildman–Crippen LogP) is 3.19. The van der Waals surface area contributed by atoms with E-state index < -0.39 is 0 Å². The van der Waals surface area contributed by atoms with E-state index in [4.69, 9.17) is 0 Å². The van der Waals surface area contributed by atoms with Crippen LogP contribution in [0.1, 0.15) is 44.1 Å². The van der Waals surface area contributed by atoms with Crippen molar-refractivity contribution in [3.63, 3.8) is 0 Å². The number of rotatable bonds is 3. The molecule has 1 fully saturated rings. The lowest BCUT2D eigenvalue weighted by molar-refractivity contribution is -0.132. The van der Waals surface area contributed by atoms with Crippen molar-refractivity contribution in [2.24, 2.45) is 0 Å². The number of carbonyl (C=O) groups excluding carboxylic acids is 1. The maximum Gasteiger partial charge on any atom is 0.223 e. The second-order valence-electron chi connectivity index (χ2n) is 4.96. The third kappa shape index (κ3) is 3.32. The molecule has 0 radical (unpaired) electrons. The van der Waals surface area contributed by atoms with Crippen LogP contribution >= 0.6 is 0 Å². The molecule has 1 aliphatic heterocycles. The van der Waals surface area contributed by atoms with Crippen LogP contribution in [-0.2, 0) is 4.79 Å². The summed E-state index contributed by atoms with van der Waals surface area (Å²) in [5, 5.41) is 0. The van der Waals surface area contributed by atoms with E-state index in [1.54, 1.807) is 0 Å². The first-order valence-corrected chi connectivity index (χ1v) is 6.60. The van der Waals surface area contributed by atoms with Gasteiger partial charge in [0.05, 0.1) is 0 Å². The van der Waals surface area contributed by atoms with Gasteiger partial charge in [0, 0.05) is 19.5 Å². The van der Waals surface area contributed by atoms with Crippen molar-refractivity contribution in [3.05, 3.63) is 35.9 Å². The maximum absolute atomic E-state index is 12.1. The normalized spacial score (nSPS) is 17.8. The van der Waals surface area contributed by atoms with Gasteiger partial charge in [0.25, 0.3) is 0 Å². The lowest BCUT2D eigenvalue weighted by atomic mass is 9.97. The van der Waals surface area contributed by atoms with E-state index in [1.807, 2.05) is 23.1 Å². The molecule has 17 heavy (non-hydrogen) atoms. The quantitative estimate of drug-likeness (QED) is 0.782. The van der Waals surface area contributed by atoms with Gasteiger partial charge in [-0.1, -0.05) is 37.3 Å². The molecular weight excluding hydrogens is 210 g/mol. The maximum atomic E-state index is 12.1. The number of hydrogen-bond donors (Lipinski definition) is 0. The predicted molar refractivity (Wildman–Crippen MR) is 69.9 cm³/mol. The summed E-state index contributed by atoms with van der Waals surface area (Å²) in [4.78, 5) is 14.1. The average Bonchev–Trinajstić information content (AvgIpc) is 2.40. The summed E-state index contributed by atoms with van der Waals surface area (Å²) >= 11 is 0. The Balaban J connectivity index is 1.89. The molecule has 1 saturated heterocycles. The fourth-order valence-electron chi connectivity index (χ4n) is 2.43. The summed E-state index contributed by atoms with van der Waals surface area (Å²) < 4.78 is 0. The zero-order valence-corrected chi connectivity index (χ0v) is 10.6. The van der Waals surface area contributed by atoms with E-state index in [9.17, 15) is 4.79 Å². The van der Waals surface area contributed by atoms with Crippen LogP contribution in [-0.4, -0.2) is 23.9 Å². The standard InChI is InChI=1S/C15H21NO/c1-13(14-8-4-2-5-9-14)12-15(17)16-10-6-3-7-11-16/h2,4-5,8-9,13H,3,6-7,10-12H2,1H3/t13-/m1/s1. The Morgan fingerprint density at radius 2 is 1.82 bits per heavy atom. The molecule has 92 valence electrons. The lowest BCUT2D eigenvalue weighted by Crippen LogP contribution is -2.36. The molecule has 0 aliphatic carbocycles. The number of hydrogen-bond acceptors (Lipinski definition) is 1. The first-order valence-electron chi connectivity index (χ1n) is 6.60. The van der Waals surface area contributed by atoms with Crippen molar-refractivity contribution in [3.8, 4) is 0 Å². The Hall–Kier alpha value is -1.31. The Bertz CT molecular complexity index is 354. The smallest absolute Gasteiger partial charge is 0.223 e. The first kappa shape index (κ1) is 12.2. The molecule has 1 amide bonds. The number of amides is 1. The first-order chi connectivity index (χ1) is 8.27. The highest BCUT2D eigenvalue weighted by Crippen LogP contribution is 2.20. The topological polar surface area (TPSA) is 20.3 Å². The fraction of sp³-hybridized carbons (Fsp3) is 0.533. The summed E-state index contributed by atoms with van der Waals surface area (Å²) in [7, 11) is 0. The van der Waals surface area contributed by atoms with E-state index in [-0.39, 0.29) is 0 Å². The summed E-state index contributed by atoms with van der Waals surface area (Å²) in [5.74, 6) is 0.645. The Kier molecular flexibility index (Phi) is 4.18. The molecule has 1 aliphatic rings. The van der Waals surface area contributed by atoms with Gasteiger partial charge in [-0.05, 0) is 30.7 Å². The Morgan fingerprint density at radius 1 is 1.18 bits per heavy atom. The van der Waals surface area contributed by atoms with Gasteiger partial charge in [-0.2, -0.15) is 0 Å². The van der Waals surface area contributed by atoms with Crippen LogP contribution < -0.4 is 0 Å². The highest BCUT2D eigenvalue weighted by atomic mass is 16.2. The molecule has 0 saturated carbocycles. The van der Waals surface area contributed by atoms with Crippen LogP contribution in [0, 0.1) is 0 Å². The molecule has 0 bridgehead atoms. The molecule has 0 N–H and O–H groups in total. The molecule has 0 aromatic heterocycles. The van der Waals surface area contributed by atoms with Crippen LogP contribution in [0.3, 0.4) is 0 Å². The van der Waals surface area contributed by atoms with E-state index in [0.717, 1.165) is 13.1 Å². The molecule has 0 spiro atoms. The van der Waals surface area contributed by atoms with Gasteiger partial charge in [0.15, 0.2) is 0 Å². The van der Waals surface area contributed by atoms with Crippen molar-refractivity contribution in [1.29, 1.82) is 0 Å². The number of benzene rings is 1. The second kappa shape index (κ2) is 5.85. The SMILES string of the molecule is C[C@H](CC(=O)N1CCCCC1)c1ccccc1. The molecule has 2 nitrogen and oxygen atoms in total. The van der Waals surface area contributed by atoms with E-state index in [2.05, 4.69) is 19.1 Å². The minimum Gasteiger partial charge on any atom is -0.343 e. The second-order valence-corrected chi connectivity index (χ2v) is 4.96. The van der Waals surface area contributed by atoms with E-state index >= 15 is 0 Å². The fourth-order valence-corrected chi connectivity index (χ4v) is 2.43. The highest BCUT2D eigenvalue weighted by Gasteiger charge is 2.19. The van der Waals surface area contributed by atoms with Gasteiger partial charge in [0.1, 0.15) is 0 Å². The van der Waals surface area contributed by atoms with Crippen LogP contribution in [0.4, 0.5) is 0 Å². The third-order valence-corrected chi connectivity index (χ3v) is 3.56. The summed E-state index contributed by atoms with van der Waals surface area (Å²) in [6.07, 6.45) is 4.26. The number of likely N-dealkylation sites (tertiary alicyclic amines) is 1. The molecule has 1 heterocycles. The van der Waals surface area contributed by atoms with E-state index in [0.29, 0.717) is 18.2 Å². The minimum atomic E-state index is 0.320. The monoisotopic (exact) mass is 231 g/mol. The summed E-state index contributed by atoms with van der Waals surface area (Å²) in [6.45, 7) is 4.05. The van der Waals surface area contributed by atoms with Gasteiger partial charge in [-0.25, -0.2) is 0 Å². The van der Waals surface area contributed by atoms with Gasteiger partial charge >= 0.3 is 0 Å². The van der Waals surface area contributed by atoms with Gasteiger partial charge < -0.3 is 4.90 Å². The minimum absolute atomic E-state index is 0.320. The molecule has 1 aromatic rings. The number of piperidine rings is 1. The van der Waals surface area contributed by atoms with Crippen LogP contribution in [0.25, 0.3) is 0 Å². The summed E-state index contributed by atoms with van der Waals surface area (Å²) in [5.41, 5.74) is 1.26. The Morgan fingerprint density at radius 3 is 2.47 bits per heavy atom. The average molecular weight is 231 g/mol. The van der Waals surface area contributed by atoms with Crippen molar-refractivity contribution < 1.29 is 4.79 Å². The van der Waals surface area contributed by atoms with Crippen molar-refractivity contribution in [2.75, 3.05) is 13.1 Å². The van der Waals surface area contributed by atoms with Crippen LogP contribution in [0.5, 0.6) is 0 Å². The molecule has 2 rings (SSSR count). The molecule has 1 atom stereocenters. The van der Waals surface area contributed by atoms with Gasteiger partial charge in [-0.15, -0.1) is 0 Å². The molecular formula is C15H21NO. The molecule has 0 unspecified atom stereocenters. The molecule has 2 heteroatoms.